The van der Waals surface area contributed by atoms with Crippen molar-refractivity contribution in [3.05, 3.63) is 33.8 Å². The summed E-state index contributed by atoms with van der Waals surface area (Å²) in [5.41, 5.74) is 8.43. The Labute approximate surface area is 93.6 Å². The van der Waals surface area contributed by atoms with Gasteiger partial charge in [-0.3, -0.25) is 0 Å². The van der Waals surface area contributed by atoms with Gasteiger partial charge in [-0.15, -0.1) is 5.73 Å². The summed E-state index contributed by atoms with van der Waals surface area (Å²) in [4.78, 5) is 0. The monoisotopic (exact) mass is 231 g/mol. The first-order valence-corrected chi connectivity index (χ1v) is 5.08. The van der Waals surface area contributed by atoms with E-state index >= 15 is 0 Å². The summed E-state index contributed by atoms with van der Waals surface area (Å²) in [6.45, 7) is 1.46. The summed E-state index contributed by atoms with van der Waals surface area (Å²) in [6.07, 6.45) is 0.418. The van der Waals surface area contributed by atoms with Crippen LogP contribution in [0.5, 0.6) is 0 Å². The predicted molar refractivity (Wildman–Crippen MR) is 57.7 cm³/mol. The summed E-state index contributed by atoms with van der Waals surface area (Å²) in [5.74, 6) is 0. The third-order valence-electron chi connectivity index (χ3n) is 2.30. The van der Waals surface area contributed by atoms with Gasteiger partial charge in [-0.05, 0) is 24.1 Å². The van der Waals surface area contributed by atoms with Gasteiger partial charge in [0, 0.05) is 0 Å². The fourth-order valence-corrected chi connectivity index (χ4v) is 1.49. The van der Waals surface area contributed by atoms with Crippen molar-refractivity contribution in [3.8, 4) is 0 Å². The highest BCUT2D eigenvalue weighted by atomic mass is 35.5. The Kier molecular flexibility index (Phi) is 3.78. The van der Waals surface area contributed by atoms with Crippen LogP contribution >= 0.6 is 23.2 Å². The molecule has 0 bridgehead atoms. The van der Waals surface area contributed by atoms with Gasteiger partial charge in [-0.2, -0.15) is 0 Å². The molecule has 4 heteroatoms. The highest BCUT2D eigenvalue weighted by Gasteiger charge is 2.26. The quantitative estimate of drug-likeness (QED) is 0.855. The molecule has 1 unspecified atom stereocenters. The Balaban J connectivity index is 3.12. The van der Waals surface area contributed by atoms with Crippen LogP contribution in [0.3, 0.4) is 0 Å². The van der Waals surface area contributed by atoms with Crippen molar-refractivity contribution in [3.63, 3.8) is 0 Å². The lowest BCUT2D eigenvalue weighted by atomic mass is 9.91. The zero-order chi connectivity index (χ0) is 10.8. The van der Waals surface area contributed by atoms with E-state index in [1.807, 2.05) is 0 Å². The second-order valence-corrected chi connectivity index (χ2v) is 3.99. The lowest BCUT2D eigenvalue weighted by molar-refractivity contribution is 0.0402. The van der Waals surface area contributed by atoms with Crippen LogP contribution in [0.1, 0.15) is 18.9 Å². The molecule has 1 rings (SSSR count). The zero-order valence-corrected chi connectivity index (χ0v) is 9.31. The predicted octanol–water partition coefficient (Wildman–Crippen LogP) is 2.66. The smallest absolute Gasteiger partial charge is 0.105 e. The van der Waals surface area contributed by atoms with E-state index in [2.05, 4.69) is 0 Å². The lowest BCUT2D eigenvalue weighted by Gasteiger charge is -2.24. The van der Waals surface area contributed by atoms with Crippen molar-refractivity contribution in [2.24, 2.45) is 0 Å². The fourth-order valence-electron chi connectivity index (χ4n) is 1.19. The first-order valence-electron chi connectivity index (χ1n) is 4.32. The van der Waals surface area contributed by atoms with Gasteiger partial charge >= 0.3 is 0 Å². The molecule has 0 amide bonds. The van der Waals surface area contributed by atoms with Crippen LogP contribution in [0.25, 0.3) is 0 Å². The van der Waals surface area contributed by atoms with E-state index in [0.717, 1.165) is 0 Å². The van der Waals surface area contributed by atoms with Gasteiger partial charge in [-0.25, -0.2) is 0 Å². The van der Waals surface area contributed by atoms with E-state index in [1.54, 1.807) is 25.1 Å². The molecule has 0 fully saturated rings. The average molecular weight is 232 g/mol. The minimum atomic E-state index is -1.23. The molecular formula is C10H11Cl2NO. The summed E-state index contributed by atoms with van der Waals surface area (Å²) in [6, 6.07) is 4.84. The van der Waals surface area contributed by atoms with Crippen LogP contribution in [0, 0.1) is 0 Å². The van der Waals surface area contributed by atoms with E-state index < -0.39 is 5.60 Å². The Morgan fingerprint density at radius 3 is 2.43 bits per heavy atom. The fraction of sp³-hybridized carbons (Fsp3) is 0.400. The van der Waals surface area contributed by atoms with Gasteiger partial charge in [0.2, 0.25) is 0 Å². The number of hydrogen-bond acceptors (Lipinski definition) is 1. The van der Waals surface area contributed by atoms with E-state index in [9.17, 15) is 5.11 Å². The minimum Gasteiger partial charge on any atom is -0.384 e. The number of halogens is 2. The van der Waals surface area contributed by atoms with Gasteiger partial charge in [0.15, 0.2) is 0 Å². The maximum absolute atomic E-state index is 9.96. The molecule has 0 aliphatic carbocycles. The van der Waals surface area contributed by atoms with Crippen LogP contribution in [0.2, 0.25) is 10.0 Å². The third-order valence-corrected chi connectivity index (χ3v) is 3.04. The highest BCUT2D eigenvalue weighted by molar-refractivity contribution is 6.42. The average Bonchev–Trinajstić information content (AvgIpc) is 2.21. The summed E-state index contributed by atoms with van der Waals surface area (Å²) >= 11 is 11.6. The molecule has 1 aromatic rings. The van der Waals surface area contributed by atoms with Gasteiger partial charge < -0.3 is 5.11 Å². The van der Waals surface area contributed by atoms with E-state index in [-0.39, 0.29) is 6.54 Å². The molecule has 2 radical (unpaired) electrons. The van der Waals surface area contributed by atoms with Crippen molar-refractivity contribution in [2.45, 2.75) is 18.9 Å². The summed E-state index contributed by atoms with van der Waals surface area (Å²) in [5, 5.41) is 10.8. The van der Waals surface area contributed by atoms with Gasteiger partial charge in [0.05, 0.1) is 16.6 Å². The number of benzene rings is 1. The Bertz CT molecular complexity index is 324. The van der Waals surface area contributed by atoms with Crippen molar-refractivity contribution >= 4 is 23.2 Å². The van der Waals surface area contributed by atoms with Crippen LogP contribution in [0.15, 0.2) is 18.2 Å². The van der Waals surface area contributed by atoms with E-state index in [4.69, 9.17) is 28.9 Å². The number of rotatable bonds is 3. The number of aliphatic hydroxyl groups is 1. The summed E-state index contributed by atoms with van der Waals surface area (Å²) < 4.78 is 0. The summed E-state index contributed by atoms with van der Waals surface area (Å²) in [7, 11) is 0. The third kappa shape index (κ3) is 2.20. The molecular weight excluding hydrogens is 221 g/mol. The van der Waals surface area contributed by atoms with Crippen LogP contribution in [0.4, 0.5) is 0 Å². The molecule has 0 spiro atoms. The standard InChI is InChI=1S/C10H11Cl2NO/c1-2-10(14,6-13)7-3-4-8(11)9(12)5-7/h3-5,14H,2,6H2,1H3. The normalized spacial score (nSPS) is 15.2. The topological polar surface area (TPSA) is 42.5 Å². The van der Waals surface area contributed by atoms with Crippen LogP contribution < -0.4 is 5.73 Å². The van der Waals surface area contributed by atoms with Crippen LogP contribution in [-0.4, -0.2) is 11.7 Å². The largest absolute Gasteiger partial charge is 0.384 e. The Morgan fingerprint density at radius 1 is 1.36 bits per heavy atom. The molecule has 0 aromatic heterocycles. The number of hydrogen-bond donors (Lipinski definition) is 1. The molecule has 14 heavy (non-hydrogen) atoms. The second-order valence-electron chi connectivity index (χ2n) is 3.17. The molecule has 0 saturated heterocycles. The van der Waals surface area contributed by atoms with E-state index in [0.29, 0.717) is 22.0 Å². The molecule has 1 atom stereocenters. The molecule has 0 aliphatic heterocycles. The van der Waals surface area contributed by atoms with Crippen molar-refractivity contribution in [1.29, 1.82) is 0 Å². The van der Waals surface area contributed by atoms with Gasteiger partial charge in [-0.1, -0.05) is 36.2 Å². The molecule has 2 nitrogen and oxygen atoms in total. The SMILES string of the molecule is CCC(O)(C[N])c1ccc(Cl)c(Cl)c1. The Hall–Kier alpha value is -0.280. The molecule has 1 N–H and O–H groups in total. The maximum Gasteiger partial charge on any atom is 0.105 e. The molecule has 0 heterocycles. The van der Waals surface area contributed by atoms with Gasteiger partial charge in [0.25, 0.3) is 0 Å². The van der Waals surface area contributed by atoms with Crippen molar-refractivity contribution < 1.29 is 5.11 Å². The first-order chi connectivity index (χ1) is 6.53. The van der Waals surface area contributed by atoms with Crippen LogP contribution in [-0.2, 0) is 5.60 Å². The molecule has 1 aromatic carbocycles. The van der Waals surface area contributed by atoms with Crippen molar-refractivity contribution in [2.75, 3.05) is 6.54 Å². The zero-order valence-electron chi connectivity index (χ0n) is 7.80. The first kappa shape index (κ1) is 11.8. The highest BCUT2D eigenvalue weighted by Crippen LogP contribution is 2.30. The lowest BCUT2D eigenvalue weighted by Crippen LogP contribution is -2.29. The second kappa shape index (κ2) is 4.49. The minimum absolute atomic E-state index is 0.332. The Morgan fingerprint density at radius 2 is 2.00 bits per heavy atom. The molecule has 0 saturated carbocycles. The molecule has 76 valence electrons. The maximum atomic E-state index is 9.96. The van der Waals surface area contributed by atoms with Gasteiger partial charge in [0.1, 0.15) is 5.60 Å². The molecule has 0 aliphatic rings. The van der Waals surface area contributed by atoms with E-state index in [1.165, 1.54) is 0 Å². The van der Waals surface area contributed by atoms with Crippen molar-refractivity contribution in [1.82, 2.24) is 5.73 Å². The number of nitrogens with zero attached hydrogens (tertiary/aromatic N) is 1.